The van der Waals surface area contributed by atoms with Crippen LogP contribution in [0.2, 0.25) is 0 Å². The first-order valence-corrected chi connectivity index (χ1v) is 13.3. The van der Waals surface area contributed by atoms with E-state index >= 15 is 0 Å². The number of carbonyl (C=O) groups excluding carboxylic acids is 3. The number of nitrogens with one attached hydrogen (secondary N) is 2. The first-order valence-electron chi connectivity index (χ1n) is 13.3. The minimum atomic E-state index is -0.744. The first kappa shape index (κ1) is 39.2. The Morgan fingerprint density at radius 2 is 1.05 bits per heavy atom. The van der Waals surface area contributed by atoms with E-state index in [1.54, 1.807) is 20.8 Å². The Balaban J connectivity index is 0. The molecule has 2 fully saturated rings. The van der Waals surface area contributed by atoms with Gasteiger partial charge in [0.2, 0.25) is 0 Å². The summed E-state index contributed by atoms with van der Waals surface area (Å²) in [5.74, 6) is -0.901. The van der Waals surface area contributed by atoms with Crippen molar-refractivity contribution in [2.24, 2.45) is 10.8 Å². The van der Waals surface area contributed by atoms with Crippen molar-refractivity contribution in [2.45, 2.75) is 117 Å². The maximum Gasteiger partial charge on any atom is 1.00 e. The van der Waals surface area contributed by atoms with Crippen LogP contribution in [0.5, 0.6) is 0 Å². The molecule has 0 aromatic rings. The summed E-state index contributed by atoms with van der Waals surface area (Å²) in [5, 5.41) is 14.6. The monoisotopic (exact) mass is 552 g/mol. The number of aliphatic carboxylic acids is 1. The molecule has 0 radical (unpaired) electrons. The minimum Gasteiger partial charge on any atom is -0.870 e. The standard InChI is InChI=1S/C14H25NO4.C13H23NO4.Li.H2O/c1-13(2,3)19-12(17)15-10-9-14(11(16)18-4)7-5-6-8-14;1-12(2,3)18-11(17)14-9-8-13(10(15)16)6-4-5-7-13;;/h5-10H2,1-4H3,(H,15,17);4-9H2,1-3H3,(H,14,17)(H,15,16);;1H2/q;;+1;/p-1. The van der Waals surface area contributed by atoms with Gasteiger partial charge in [-0.25, -0.2) is 9.59 Å². The number of ether oxygens (including phenoxy) is 3. The molecule has 0 aromatic heterocycles. The van der Waals surface area contributed by atoms with Crippen LogP contribution in [0.1, 0.15) is 106 Å². The Kier molecular flexibility index (Phi) is 17.1. The predicted molar refractivity (Wildman–Crippen MR) is 141 cm³/mol. The van der Waals surface area contributed by atoms with E-state index < -0.39 is 40.2 Å². The molecule has 0 heterocycles. The number of carboxylic acid groups (broad SMARTS) is 1. The van der Waals surface area contributed by atoms with E-state index in [0.717, 1.165) is 38.5 Å². The summed E-state index contributed by atoms with van der Waals surface area (Å²) in [6, 6.07) is 0. The fourth-order valence-corrected chi connectivity index (χ4v) is 4.88. The summed E-state index contributed by atoms with van der Waals surface area (Å²) in [4.78, 5) is 46.1. The van der Waals surface area contributed by atoms with Gasteiger partial charge < -0.3 is 35.4 Å². The number of alkyl carbamates (subject to hydrolysis) is 2. The number of rotatable bonds is 8. The molecule has 0 spiro atoms. The maximum absolute atomic E-state index is 11.9. The van der Waals surface area contributed by atoms with Crippen molar-refractivity contribution in [1.29, 1.82) is 0 Å². The molecule has 0 aliphatic heterocycles. The van der Waals surface area contributed by atoms with Crippen LogP contribution in [0.25, 0.3) is 0 Å². The second-order valence-electron chi connectivity index (χ2n) is 12.1. The normalized spacial score (nSPS) is 17.2. The van der Waals surface area contributed by atoms with E-state index in [2.05, 4.69) is 10.6 Å². The van der Waals surface area contributed by atoms with E-state index in [9.17, 15) is 24.3 Å². The molecule has 11 nitrogen and oxygen atoms in total. The van der Waals surface area contributed by atoms with Gasteiger partial charge in [0.15, 0.2) is 0 Å². The fourth-order valence-electron chi connectivity index (χ4n) is 4.88. The van der Waals surface area contributed by atoms with Crippen molar-refractivity contribution in [3.63, 3.8) is 0 Å². The van der Waals surface area contributed by atoms with Crippen molar-refractivity contribution in [1.82, 2.24) is 10.6 Å². The summed E-state index contributed by atoms with van der Waals surface area (Å²) in [6.45, 7) is 11.6. The molecule has 4 N–H and O–H groups in total. The van der Waals surface area contributed by atoms with E-state index in [1.165, 1.54) is 7.11 Å². The molecule has 2 aliphatic rings. The molecule has 12 heteroatoms. The van der Waals surface area contributed by atoms with Gasteiger partial charge in [0.05, 0.1) is 17.9 Å². The summed E-state index contributed by atoms with van der Waals surface area (Å²) < 4.78 is 15.1. The number of hydrogen-bond donors (Lipinski definition) is 3. The second-order valence-corrected chi connectivity index (χ2v) is 12.1. The Morgan fingerprint density at radius 1 is 0.718 bits per heavy atom. The van der Waals surface area contributed by atoms with Gasteiger partial charge >= 0.3 is 43.0 Å². The van der Waals surface area contributed by atoms with Gasteiger partial charge in [0.1, 0.15) is 11.2 Å². The maximum atomic E-state index is 11.9. The predicted octanol–water partition coefficient (Wildman–Crippen LogP) is 2.01. The van der Waals surface area contributed by atoms with Crippen LogP contribution in [0, 0.1) is 10.8 Å². The van der Waals surface area contributed by atoms with Crippen molar-refractivity contribution in [3.05, 3.63) is 0 Å². The van der Waals surface area contributed by atoms with Crippen molar-refractivity contribution < 1.29 is 62.8 Å². The zero-order chi connectivity index (χ0) is 28.3. The van der Waals surface area contributed by atoms with Gasteiger partial charge in [-0.3, -0.25) is 9.59 Å². The van der Waals surface area contributed by atoms with Crippen molar-refractivity contribution in [2.75, 3.05) is 20.2 Å². The van der Waals surface area contributed by atoms with Crippen molar-refractivity contribution in [3.8, 4) is 0 Å². The van der Waals surface area contributed by atoms with Crippen LogP contribution in [-0.4, -0.2) is 66.1 Å². The van der Waals surface area contributed by atoms with E-state index in [0.29, 0.717) is 38.8 Å². The molecule has 0 aromatic carbocycles. The molecular weight excluding hydrogens is 503 g/mol. The fraction of sp³-hybridized carbons (Fsp3) is 0.852. The Labute approximate surface area is 245 Å². The molecule has 39 heavy (non-hydrogen) atoms. The molecule has 222 valence electrons. The number of hydrogen-bond acceptors (Lipinski definition) is 8. The van der Waals surface area contributed by atoms with Gasteiger partial charge in [-0.2, -0.15) is 0 Å². The minimum absolute atomic E-state index is 0. The molecule has 0 bridgehead atoms. The average Bonchev–Trinajstić information content (AvgIpc) is 3.42. The SMILES string of the molecule is CC(C)(C)OC(=O)NCCC1(C(=O)O)CCCC1.COC(=O)C1(CCNC(=O)OC(C)(C)C)CCCC1.[Li+].[OH-]. The van der Waals surface area contributed by atoms with Crippen LogP contribution in [0.15, 0.2) is 0 Å². The summed E-state index contributed by atoms with van der Waals surface area (Å²) in [7, 11) is 1.42. The Hall–Kier alpha value is -1.96. The van der Waals surface area contributed by atoms with E-state index in [-0.39, 0.29) is 30.3 Å². The van der Waals surface area contributed by atoms with Gasteiger partial charge in [-0.05, 0) is 80.1 Å². The first-order chi connectivity index (χ1) is 17.0. The number of amides is 2. The summed E-state index contributed by atoms with van der Waals surface area (Å²) >= 11 is 0. The van der Waals surface area contributed by atoms with Gasteiger partial charge in [-0.1, -0.05) is 25.7 Å². The largest absolute Gasteiger partial charge is 1.00 e. The topological polar surface area (TPSA) is 170 Å². The molecule has 2 amide bonds. The Bertz CT molecular complexity index is 779. The number of carboxylic acids is 1. The van der Waals surface area contributed by atoms with Gasteiger partial charge in [0, 0.05) is 13.1 Å². The molecular formula is C27H49LiN2O9. The van der Waals surface area contributed by atoms with Crippen LogP contribution in [0.3, 0.4) is 0 Å². The molecule has 0 atom stereocenters. The number of methoxy groups -OCH3 is 1. The average molecular weight is 553 g/mol. The zero-order valence-electron chi connectivity index (χ0n) is 25.2. The zero-order valence-corrected chi connectivity index (χ0v) is 25.2. The molecule has 2 saturated carbocycles. The number of esters is 1. The third kappa shape index (κ3) is 14.3. The summed E-state index contributed by atoms with van der Waals surface area (Å²) in [5.41, 5.74) is -2.09. The Morgan fingerprint density at radius 3 is 1.36 bits per heavy atom. The van der Waals surface area contributed by atoms with Crippen LogP contribution < -0.4 is 29.5 Å². The van der Waals surface area contributed by atoms with Crippen LogP contribution in [0.4, 0.5) is 9.59 Å². The third-order valence-corrected chi connectivity index (χ3v) is 6.74. The van der Waals surface area contributed by atoms with E-state index in [1.807, 2.05) is 20.8 Å². The van der Waals surface area contributed by atoms with Gasteiger partial charge in [-0.15, -0.1) is 0 Å². The smallest absolute Gasteiger partial charge is 0.870 e. The number of carbonyl (C=O) groups is 4. The molecule has 2 aliphatic carbocycles. The summed E-state index contributed by atoms with van der Waals surface area (Å²) in [6.07, 6.45) is 7.26. The second kappa shape index (κ2) is 17.0. The quantitative estimate of drug-likeness (QED) is 0.231. The molecule has 0 unspecified atom stereocenters. The van der Waals surface area contributed by atoms with E-state index in [4.69, 9.17) is 14.2 Å². The van der Waals surface area contributed by atoms with Crippen LogP contribution in [-0.2, 0) is 23.8 Å². The molecule has 2 rings (SSSR count). The van der Waals surface area contributed by atoms with Crippen molar-refractivity contribution >= 4 is 24.1 Å². The third-order valence-electron chi connectivity index (χ3n) is 6.74. The molecule has 0 saturated heterocycles. The van der Waals surface area contributed by atoms with Crippen LogP contribution >= 0.6 is 0 Å². The van der Waals surface area contributed by atoms with Gasteiger partial charge in [0.25, 0.3) is 0 Å².